The van der Waals surface area contributed by atoms with Crippen molar-refractivity contribution in [1.82, 2.24) is 24.6 Å². The molecule has 2 aromatic heterocycles. The molecule has 1 saturated heterocycles. The van der Waals surface area contributed by atoms with Gasteiger partial charge in [-0.05, 0) is 38.2 Å². The minimum atomic E-state index is -0.0682. The number of nitrogen functional groups attached to an aromatic ring is 1. The summed E-state index contributed by atoms with van der Waals surface area (Å²) in [6.45, 7) is 8.51. The van der Waals surface area contributed by atoms with Crippen LogP contribution in [0.15, 0.2) is 18.3 Å². The third-order valence-corrected chi connectivity index (χ3v) is 4.95. The number of hydrogen-bond donors (Lipinski definition) is 2. The molecule has 2 amide bonds. The van der Waals surface area contributed by atoms with Crippen LogP contribution in [0.2, 0.25) is 0 Å². The maximum atomic E-state index is 12.7. The Balaban J connectivity index is 1.57. The van der Waals surface area contributed by atoms with E-state index in [0.717, 1.165) is 43.0 Å². The van der Waals surface area contributed by atoms with Crippen molar-refractivity contribution in [3.8, 4) is 0 Å². The highest BCUT2D eigenvalue weighted by Gasteiger charge is 2.25. The zero-order valence-corrected chi connectivity index (χ0v) is 16.4. The summed E-state index contributed by atoms with van der Waals surface area (Å²) >= 11 is 0. The predicted molar refractivity (Wildman–Crippen MR) is 105 cm³/mol. The Bertz CT molecular complexity index is 778. The van der Waals surface area contributed by atoms with Crippen LogP contribution >= 0.6 is 0 Å². The standard InChI is InChI=1S/C19H29N7O/c1-13(2)5-11-26-17(12-14(3)24-26)23-19(27)25-9-6-15(7-10-25)16-4-8-21-18(20)22-16/h4,8,12-13,15H,5-7,9-11H2,1-3H3,(H,23,27)(H2,20,21,22). The molecule has 1 fully saturated rings. The number of aryl methyl sites for hydroxylation is 2. The van der Waals surface area contributed by atoms with Crippen LogP contribution in [0.3, 0.4) is 0 Å². The van der Waals surface area contributed by atoms with Gasteiger partial charge in [0.25, 0.3) is 0 Å². The van der Waals surface area contributed by atoms with Crippen LogP contribution in [0, 0.1) is 12.8 Å². The van der Waals surface area contributed by atoms with E-state index in [-0.39, 0.29) is 6.03 Å². The maximum Gasteiger partial charge on any atom is 0.322 e. The molecule has 146 valence electrons. The van der Waals surface area contributed by atoms with E-state index in [1.807, 2.05) is 28.6 Å². The molecular weight excluding hydrogens is 342 g/mol. The molecule has 27 heavy (non-hydrogen) atoms. The minimum absolute atomic E-state index is 0.0682. The SMILES string of the molecule is Cc1cc(NC(=O)N2CCC(c3ccnc(N)n3)CC2)n(CCC(C)C)n1. The number of anilines is 2. The van der Waals surface area contributed by atoms with Gasteiger partial charge in [-0.1, -0.05) is 13.8 Å². The predicted octanol–water partition coefficient (Wildman–Crippen LogP) is 3.02. The third-order valence-electron chi connectivity index (χ3n) is 4.95. The Labute approximate surface area is 160 Å². The van der Waals surface area contributed by atoms with Crippen molar-refractivity contribution in [1.29, 1.82) is 0 Å². The monoisotopic (exact) mass is 371 g/mol. The van der Waals surface area contributed by atoms with Crippen LogP contribution in [0.4, 0.5) is 16.6 Å². The fraction of sp³-hybridized carbons (Fsp3) is 0.579. The van der Waals surface area contributed by atoms with Crippen LogP contribution in [-0.2, 0) is 6.54 Å². The lowest BCUT2D eigenvalue weighted by molar-refractivity contribution is 0.194. The zero-order chi connectivity index (χ0) is 19.4. The van der Waals surface area contributed by atoms with E-state index >= 15 is 0 Å². The second-order valence-electron chi connectivity index (χ2n) is 7.61. The van der Waals surface area contributed by atoms with Gasteiger partial charge in [0.2, 0.25) is 5.95 Å². The Morgan fingerprint density at radius 1 is 1.37 bits per heavy atom. The van der Waals surface area contributed by atoms with Gasteiger partial charge in [0.1, 0.15) is 5.82 Å². The zero-order valence-electron chi connectivity index (χ0n) is 16.4. The molecule has 2 aromatic rings. The van der Waals surface area contributed by atoms with Crippen LogP contribution in [0.1, 0.15) is 50.4 Å². The molecule has 8 heteroatoms. The van der Waals surface area contributed by atoms with E-state index in [1.165, 1.54) is 0 Å². The average Bonchev–Trinajstić information content (AvgIpc) is 2.99. The lowest BCUT2D eigenvalue weighted by Crippen LogP contribution is -2.41. The van der Waals surface area contributed by atoms with Gasteiger partial charge in [-0.15, -0.1) is 0 Å². The van der Waals surface area contributed by atoms with Gasteiger partial charge in [0.05, 0.1) is 5.69 Å². The molecule has 3 heterocycles. The highest BCUT2D eigenvalue weighted by molar-refractivity contribution is 5.88. The van der Waals surface area contributed by atoms with Gasteiger partial charge in [0.15, 0.2) is 0 Å². The van der Waals surface area contributed by atoms with Crippen molar-refractivity contribution in [3.63, 3.8) is 0 Å². The topological polar surface area (TPSA) is 102 Å². The first-order valence-electron chi connectivity index (χ1n) is 9.61. The van der Waals surface area contributed by atoms with Crippen molar-refractivity contribution in [2.45, 2.75) is 52.5 Å². The Hall–Kier alpha value is -2.64. The van der Waals surface area contributed by atoms with Crippen LogP contribution in [0.5, 0.6) is 0 Å². The molecule has 0 atom stereocenters. The summed E-state index contributed by atoms with van der Waals surface area (Å²) in [5.74, 6) is 1.98. The number of nitrogens with one attached hydrogen (secondary N) is 1. The first-order chi connectivity index (χ1) is 12.9. The van der Waals surface area contributed by atoms with E-state index < -0.39 is 0 Å². The van der Waals surface area contributed by atoms with Crippen molar-refractivity contribution >= 4 is 17.8 Å². The molecule has 3 N–H and O–H groups in total. The van der Waals surface area contributed by atoms with Crippen molar-refractivity contribution in [2.75, 3.05) is 24.1 Å². The first-order valence-corrected chi connectivity index (χ1v) is 9.61. The number of carbonyl (C=O) groups excluding carboxylic acids is 1. The summed E-state index contributed by atoms with van der Waals surface area (Å²) in [5.41, 5.74) is 7.56. The van der Waals surface area contributed by atoms with E-state index in [2.05, 4.69) is 34.2 Å². The maximum absolute atomic E-state index is 12.7. The van der Waals surface area contributed by atoms with E-state index in [0.29, 0.717) is 30.9 Å². The number of hydrogen-bond acceptors (Lipinski definition) is 5. The molecule has 0 spiro atoms. The van der Waals surface area contributed by atoms with E-state index in [4.69, 9.17) is 5.73 Å². The Morgan fingerprint density at radius 2 is 2.11 bits per heavy atom. The van der Waals surface area contributed by atoms with Crippen LogP contribution < -0.4 is 11.1 Å². The number of nitrogens with two attached hydrogens (primary N) is 1. The minimum Gasteiger partial charge on any atom is -0.368 e. The number of carbonyl (C=O) groups is 1. The summed E-state index contributed by atoms with van der Waals surface area (Å²) in [4.78, 5) is 22.8. The summed E-state index contributed by atoms with van der Waals surface area (Å²) in [6, 6.07) is 3.77. The highest BCUT2D eigenvalue weighted by Crippen LogP contribution is 2.27. The van der Waals surface area contributed by atoms with Gasteiger partial charge < -0.3 is 10.6 Å². The Morgan fingerprint density at radius 3 is 2.78 bits per heavy atom. The number of rotatable bonds is 5. The number of likely N-dealkylation sites (tertiary alicyclic amines) is 1. The lowest BCUT2D eigenvalue weighted by atomic mass is 9.93. The summed E-state index contributed by atoms with van der Waals surface area (Å²) in [7, 11) is 0. The summed E-state index contributed by atoms with van der Waals surface area (Å²) in [6.07, 6.45) is 4.46. The fourth-order valence-corrected chi connectivity index (χ4v) is 3.38. The quantitative estimate of drug-likeness (QED) is 0.841. The molecule has 0 radical (unpaired) electrons. The normalized spacial score (nSPS) is 15.3. The number of piperidine rings is 1. The van der Waals surface area contributed by atoms with Gasteiger partial charge in [-0.3, -0.25) is 5.32 Å². The van der Waals surface area contributed by atoms with E-state index in [9.17, 15) is 4.79 Å². The molecular formula is C19H29N7O. The molecule has 1 aliphatic heterocycles. The number of aromatic nitrogens is 4. The first kappa shape index (κ1) is 19.1. The second kappa shape index (κ2) is 8.37. The lowest BCUT2D eigenvalue weighted by Gasteiger charge is -2.31. The molecule has 3 rings (SSSR count). The van der Waals surface area contributed by atoms with Crippen LogP contribution in [0.25, 0.3) is 0 Å². The van der Waals surface area contributed by atoms with E-state index in [1.54, 1.807) is 6.20 Å². The highest BCUT2D eigenvalue weighted by atomic mass is 16.2. The fourth-order valence-electron chi connectivity index (χ4n) is 3.38. The van der Waals surface area contributed by atoms with Gasteiger partial charge >= 0.3 is 6.03 Å². The van der Waals surface area contributed by atoms with Crippen LogP contribution in [-0.4, -0.2) is 43.8 Å². The number of urea groups is 1. The van der Waals surface area contributed by atoms with Gasteiger partial charge in [0, 0.05) is 43.5 Å². The van der Waals surface area contributed by atoms with Gasteiger partial charge in [-0.2, -0.15) is 5.10 Å². The third kappa shape index (κ3) is 4.96. The molecule has 0 aliphatic carbocycles. The molecule has 1 aliphatic rings. The number of amides is 2. The largest absolute Gasteiger partial charge is 0.368 e. The molecule has 0 saturated carbocycles. The summed E-state index contributed by atoms with van der Waals surface area (Å²) in [5, 5.41) is 7.53. The van der Waals surface area contributed by atoms with Gasteiger partial charge in [-0.25, -0.2) is 19.4 Å². The van der Waals surface area contributed by atoms with Crippen molar-refractivity contribution < 1.29 is 4.79 Å². The molecule has 8 nitrogen and oxygen atoms in total. The smallest absolute Gasteiger partial charge is 0.322 e. The van der Waals surface area contributed by atoms with Crippen molar-refractivity contribution in [2.24, 2.45) is 5.92 Å². The second-order valence-corrected chi connectivity index (χ2v) is 7.61. The molecule has 0 aromatic carbocycles. The summed E-state index contributed by atoms with van der Waals surface area (Å²) < 4.78 is 1.89. The average molecular weight is 371 g/mol. The Kier molecular flexibility index (Phi) is 5.93. The molecule has 0 bridgehead atoms. The number of nitrogens with zero attached hydrogens (tertiary/aromatic N) is 5. The molecule has 0 unspecified atom stereocenters. The van der Waals surface area contributed by atoms with Crippen molar-refractivity contribution in [3.05, 3.63) is 29.7 Å².